The van der Waals surface area contributed by atoms with Crippen molar-refractivity contribution in [1.29, 1.82) is 0 Å². The number of hydrogen-bond acceptors (Lipinski definition) is 2. The molecule has 1 aromatic heterocycles. The van der Waals surface area contributed by atoms with E-state index in [1.807, 2.05) is 24.6 Å². The summed E-state index contributed by atoms with van der Waals surface area (Å²) in [5.74, 6) is 0.0134. The standard InChI is InChI=1S/C11H18BrN3O/c1-4-9(7-15-6-5-13-8-15)14-10(16)11(2,3)12/h5-6,8-9H,4,7H2,1-3H3,(H,14,16). The molecule has 1 aromatic rings. The lowest BCUT2D eigenvalue weighted by molar-refractivity contribution is -0.123. The number of aromatic nitrogens is 2. The molecule has 0 aromatic carbocycles. The van der Waals surface area contributed by atoms with Gasteiger partial charge in [0.2, 0.25) is 5.91 Å². The van der Waals surface area contributed by atoms with E-state index in [0.29, 0.717) is 0 Å². The Morgan fingerprint density at radius 3 is 2.75 bits per heavy atom. The smallest absolute Gasteiger partial charge is 0.236 e. The fourth-order valence-electron chi connectivity index (χ4n) is 1.28. The minimum absolute atomic E-state index is 0.0134. The average molecular weight is 288 g/mol. The van der Waals surface area contributed by atoms with Crippen molar-refractivity contribution in [3.8, 4) is 0 Å². The van der Waals surface area contributed by atoms with Gasteiger partial charge in [0.05, 0.1) is 10.7 Å². The zero-order chi connectivity index (χ0) is 12.2. The van der Waals surface area contributed by atoms with E-state index in [2.05, 4.69) is 33.2 Å². The number of alkyl halides is 1. The van der Waals surface area contributed by atoms with Crippen LogP contribution in [0.3, 0.4) is 0 Å². The van der Waals surface area contributed by atoms with Crippen LogP contribution in [-0.4, -0.2) is 25.8 Å². The number of imidazole rings is 1. The zero-order valence-corrected chi connectivity index (χ0v) is 11.5. The number of rotatable bonds is 5. The number of carbonyl (C=O) groups excluding carboxylic acids is 1. The molecule has 1 atom stereocenters. The molecule has 1 heterocycles. The van der Waals surface area contributed by atoms with Crippen molar-refractivity contribution in [1.82, 2.24) is 14.9 Å². The predicted molar refractivity (Wildman–Crippen MR) is 67.5 cm³/mol. The van der Waals surface area contributed by atoms with Gasteiger partial charge < -0.3 is 9.88 Å². The fourth-order valence-corrected chi connectivity index (χ4v) is 1.40. The summed E-state index contributed by atoms with van der Waals surface area (Å²) in [5, 5.41) is 3.01. The van der Waals surface area contributed by atoms with E-state index in [0.717, 1.165) is 13.0 Å². The first kappa shape index (κ1) is 13.2. The summed E-state index contributed by atoms with van der Waals surface area (Å²) in [6.07, 6.45) is 6.29. The van der Waals surface area contributed by atoms with Gasteiger partial charge in [-0.15, -0.1) is 0 Å². The van der Waals surface area contributed by atoms with Gasteiger partial charge in [-0.3, -0.25) is 4.79 Å². The highest BCUT2D eigenvalue weighted by molar-refractivity contribution is 9.10. The van der Waals surface area contributed by atoms with Crippen LogP contribution in [-0.2, 0) is 11.3 Å². The Morgan fingerprint density at radius 1 is 1.62 bits per heavy atom. The van der Waals surface area contributed by atoms with Crippen LogP contribution in [0.5, 0.6) is 0 Å². The van der Waals surface area contributed by atoms with E-state index >= 15 is 0 Å². The lowest BCUT2D eigenvalue weighted by Crippen LogP contribution is -2.45. The second-order valence-corrected chi connectivity index (χ2v) is 6.29. The normalized spacial score (nSPS) is 13.5. The summed E-state index contributed by atoms with van der Waals surface area (Å²) in [4.78, 5) is 15.8. The molecule has 0 fully saturated rings. The van der Waals surface area contributed by atoms with Crippen LogP contribution in [0.2, 0.25) is 0 Å². The van der Waals surface area contributed by atoms with Gasteiger partial charge in [0.15, 0.2) is 0 Å². The highest BCUT2D eigenvalue weighted by Crippen LogP contribution is 2.16. The van der Waals surface area contributed by atoms with E-state index in [1.165, 1.54) is 0 Å². The van der Waals surface area contributed by atoms with Crippen LogP contribution in [0.15, 0.2) is 18.7 Å². The molecule has 1 amide bonds. The topological polar surface area (TPSA) is 46.9 Å². The first-order chi connectivity index (χ1) is 7.43. The Labute approximate surface area is 105 Å². The van der Waals surface area contributed by atoms with Gasteiger partial charge in [-0.05, 0) is 20.3 Å². The van der Waals surface area contributed by atoms with E-state index < -0.39 is 4.32 Å². The Hall–Kier alpha value is -0.840. The molecule has 0 aliphatic rings. The molecule has 1 N–H and O–H groups in total. The molecule has 4 nitrogen and oxygen atoms in total. The van der Waals surface area contributed by atoms with Crippen LogP contribution < -0.4 is 5.32 Å². The zero-order valence-electron chi connectivity index (χ0n) is 9.90. The maximum atomic E-state index is 11.8. The van der Waals surface area contributed by atoms with E-state index in [9.17, 15) is 4.79 Å². The second-order valence-electron chi connectivity index (χ2n) is 4.31. The van der Waals surface area contributed by atoms with Crippen LogP contribution in [0, 0.1) is 0 Å². The number of halogens is 1. The molecular weight excluding hydrogens is 270 g/mol. The van der Waals surface area contributed by atoms with E-state index in [-0.39, 0.29) is 11.9 Å². The number of nitrogens with one attached hydrogen (secondary N) is 1. The Balaban J connectivity index is 2.53. The molecule has 1 unspecified atom stereocenters. The maximum absolute atomic E-state index is 11.8. The lowest BCUT2D eigenvalue weighted by Gasteiger charge is -2.22. The van der Waals surface area contributed by atoms with Crippen molar-refractivity contribution in [2.75, 3.05) is 0 Å². The molecular formula is C11H18BrN3O. The van der Waals surface area contributed by atoms with Gasteiger partial charge in [0.1, 0.15) is 0 Å². The number of nitrogens with zero attached hydrogens (tertiary/aromatic N) is 2. The monoisotopic (exact) mass is 287 g/mol. The quantitative estimate of drug-likeness (QED) is 0.842. The molecule has 0 saturated carbocycles. The van der Waals surface area contributed by atoms with Crippen LogP contribution in [0.4, 0.5) is 0 Å². The predicted octanol–water partition coefficient (Wildman–Crippen LogP) is 1.95. The Morgan fingerprint density at radius 2 is 2.31 bits per heavy atom. The van der Waals surface area contributed by atoms with E-state index in [1.54, 1.807) is 12.5 Å². The van der Waals surface area contributed by atoms with Gasteiger partial charge in [-0.25, -0.2) is 4.98 Å². The molecule has 5 heteroatoms. The third kappa shape index (κ3) is 3.96. The van der Waals surface area contributed by atoms with Gasteiger partial charge in [-0.1, -0.05) is 22.9 Å². The third-order valence-corrected chi connectivity index (χ3v) is 2.72. The molecule has 0 spiro atoms. The summed E-state index contributed by atoms with van der Waals surface area (Å²) in [5.41, 5.74) is 0. The summed E-state index contributed by atoms with van der Waals surface area (Å²) in [6.45, 7) is 6.49. The van der Waals surface area contributed by atoms with Gasteiger partial charge in [0.25, 0.3) is 0 Å². The SMILES string of the molecule is CCC(Cn1ccnc1)NC(=O)C(C)(C)Br. The molecule has 0 radical (unpaired) electrons. The molecule has 0 aliphatic heterocycles. The van der Waals surface area contributed by atoms with Crippen molar-refractivity contribution in [2.24, 2.45) is 0 Å². The fraction of sp³-hybridized carbons (Fsp3) is 0.636. The molecule has 90 valence electrons. The van der Waals surface area contributed by atoms with Crippen molar-refractivity contribution in [2.45, 2.75) is 44.1 Å². The summed E-state index contributed by atoms with van der Waals surface area (Å²) >= 11 is 3.35. The van der Waals surface area contributed by atoms with Crippen LogP contribution >= 0.6 is 15.9 Å². The van der Waals surface area contributed by atoms with Crippen molar-refractivity contribution in [3.63, 3.8) is 0 Å². The third-order valence-electron chi connectivity index (χ3n) is 2.36. The average Bonchev–Trinajstić information content (AvgIpc) is 2.67. The molecule has 0 aliphatic carbocycles. The van der Waals surface area contributed by atoms with E-state index in [4.69, 9.17) is 0 Å². The van der Waals surface area contributed by atoms with Crippen molar-refractivity contribution >= 4 is 21.8 Å². The number of amides is 1. The minimum atomic E-state index is -0.518. The van der Waals surface area contributed by atoms with Gasteiger partial charge in [0, 0.05) is 25.0 Å². The number of hydrogen-bond donors (Lipinski definition) is 1. The van der Waals surface area contributed by atoms with Crippen molar-refractivity contribution < 1.29 is 4.79 Å². The first-order valence-electron chi connectivity index (χ1n) is 5.39. The minimum Gasteiger partial charge on any atom is -0.350 e. The number of carbonyl (C=O) groups is 1. The van der Waals surface area contributed by atoms with Crippen LogP contribution in [0.1, 0.15) is 27.2 Å². The Kier molecular flexibility index (Phi) is 4.53. The molecule has 1 rings (SSSR count). The largest absolute Gasteiger partial charge is 0.350 e. The maximum Gasteiger partial charge on any atom is 0.236 e. The molecule has 16 heavy (non-hydrogen) atoms. The second kappa shape index (κ2) is 5.48. The lowest BCUT2D eigenvalue weighted by atomic mass is 10.1. The summed E-state index contributed by atoms with van der Waals surface area (Å²) < 4.78 is 1.45. The first-order valence-corrected chi connectivity index (χ1v) is 6.18. The highest BCUT2D eigenvalue weighted by Gasteiger charge is 2.25. The molecule has 0 bridgehead atoms. The Bertz CT molecular complexity index is 329. The molecule has 0 saturated heterocycles. The summed E-state index contributed by atoms with van der Waals surface area (Å²) in [6, 6.07) is 0.138. The van der Waals surface area contributed by atoms with Crippen molar-refractivity contribution in [3.05, 3.63) is 18.7 Å². The van der Waals surface area contributed by atoms with Crippen LogP contribution in [0.25, 0.3) is 0 Å². The van der Waals surface area contributed by atoms with Gasteiger partial charge >= 0.3 is 0 Å². The summed E-state index contributed by atoms with van der Waals surface area (Å²) in [7, 11) is 0. The van der Waals surface area contributed by atoms with Gasteiger partial charge in [-0.2, -0.15) is 0 Å². The highest BCUT2D eigenvalue weighted by atomic mass is 79.9.